The summed E-state index contributed by atoms with van der Waals surface area (Å²) >= 11 is 0. The van der Waals surface area contributed by atoms with Crippen molar-refractivity contribution in [2.75, 3.05) is 18.8 Å². The lowest BCUT2D eigenvalue weighted by Crippen LogP contribution is -2.42. The van der Waals surface area contributed by atoms with E-state index in [-0.39, 0.29) is 18.0 Å². The van der Waals surface area contributed by atoms with Crippen molar-refractivity contribution < 1.29 is 13.9 Å². The van der Waals surface area contributed by atoms with Crippen molar-refractivity contribution in [2.24, 2.45) is 0 Å². The van der Waals surface area contributed by atoms with Crippen molar-refractivity contribution in [1.82, 2.24) is 24.4 Å². The predicted octanol–water partition coefficient (Wildman–Crippen LogP) is 4.30. The van der Waals surface area contributed by atoms with Gasteiger partial charge >= 0.3 is 6.09 Å². The highest BCUT2D eigenvalue weighted by Gasteiger charge is 2.29. The molecule has 8 nitrogen and oxygen atoms in total. The zero-order chi connectivity index (χ0) is 22.9. The van der Waals surface area contributed by atoms with Gasteiger partial charge in [0.25, 0.3) is 0 Å². The van der Waals surface area contributed by atoms with Gasteiger partial charge in [-0.15, -0.1) is 0 Å². The average molecular weight is 439 g/mol. The number of nitrogens with zero attached hydrogens (tertiary/aromatic N) is 5. The first-order chi connectivity index (χ1) is 15.2. The molecule has 0 spiro atoms. The number of carbonyl (C=O) groups excluding carboxylic acids is 1. The molecule has 4 rings (SSSR count). The van der Waals surface area contributed by atoms with Gasteiger partial charge in [-0.05, 0) is 63.9 Å². The fraction of sp³-hybridized carbons (Fsp3) is 0.391. The number of hydrogen-bond donors (Lipinski definition) is 1. The molecule has 1 aliphatic rings. The van der Waals surface area contributed by atoms with E-state index in [1.54, 1.807) is 29.3 Å². The monoisotopic (exact) mass is 438 g/mol. The molecule has 0 atom stereocenters. The second-order valence-corrected chi connectivity index (χ2v) is 8.87. The Kier molecular flexibility index (Phi) is 5.82. The average Bonchev–Trinajstić information content (AvgIpc) is 3.19. The number of likely N-dealkylation sites (tertiary alicyclic amines) is 1. The van der Waals surface area contributed by atoms with Crippen molar-refractivity contribution in [3.63, 3.8) is 0 Å². The number of nitrogens with two attached hydrogens (primary N) is 1. The van der Waals surface area contributed by atoms with Crippen LogP contribution in [0.25, 0.3) is 22.9 Å². The summed E-state index contributed by atoms with van der Waals surface area (Å²) in [5.74, 6) is 1.06. The number of ether oxygens (including phenoxy) is 1. The summed E-state index contributed by atoms with van der Waals surface area (Å²) in [6.45, 7) is 6.72. The normalized spacial score (nSPS) is 15.1. The quantitative estimate of drug-likeness (QED) is 0.655. The zero-order valence-electron chi connectivity index (χ0n) is 18.5. The Labute approximate surface area is 186 Å². The topological polar surface area (TPSA) is 99.2 Å². The molecule has 168 valence electrons. The lowest BCUT2D eigenvalue weighted by Gasteiger charge is -2.34. The molecular weight excluding hydrogens is 411 g/mol. The number of hydrogen-bond acceptors (Lipinski definition) is 6. The standard InChI is InChI=1S/C23H27FN6O2/c1-23(2,3)32-22(31)29-12-9-17(10-13-29)30-14-18(15-4-6-16(24)7-5-15)27-21(30)20-26-11-8-19(25)28-20/h4-8,11,14,17H,9-10,12-13H2,1-3H3,(H2,25,26,28). The van der Waals surface area contributed by atoms with Crippen LogP contribution < -0.4 is 5.73 Å². The molecule has 0 radical (unpaired) electrons. The Morgan fingerprint density at radius 3 is 2.44 bits per heavy atom. The maximum absolute atomic E-state index is 13.4. The van der Waals surface area contributed by atoms with E-state index in [2.05, 4.69) is 9.97 Å². The molecule has 0 unspecified atom stereocenters. The molecular formula is C23H27FN6O2. The summed E-state index contributed by atoms with van der Waals surface area (Å²) in [5, 5.41) is 0. The molecule has 1 fully saturated rings. The lowest BCUT2D eigenvalue weighted by molar-refractivity contribution is 0.0189. The molecule has 2 aromatic heterocycles. The lowest BCUT2D eigenvalue weighted by atomic mass is 10.0. The Morgan fingerprint density at radius 1 is 1.12 bits per heavy atom. The minimum atomic E-state index is -0.528. The fourth-order valence-electron chi connectivity index (χ4n) is 3.73. The third kappa shape index (κ3) is 4.87. The van der Waals surface area contributed by atoms with Crippen LogP contribution >= 0.6 is 0 Å². The van der Waals surface area contributed by atoms with E-state index in [1.165, 1.54) is 12.1 Å². The van der Waals surface area contributed by atoms with E-state index in [0.717, 1.165) is 18.4 Å². The van der Waals surface area contributed by atoms with Crippen LogP contribution in [-0.4, -0.2) is 49.2 Å². The van der Waals surface area contributed by atoms with E-state index < -0.39 is 5.60 Å². The van der Waals surface area contributed by atoms with Crippen molar-refractivity contribution in [1.29, 1.82) is 0 Å². The number of benzene rings is 1. The van der Waals surface area contributed by atoms with E-state index in [0.29, 0.717) is 36.3 Å². The number of rotatable bonds is 3. The van der Waals surface area contributed by atoms with Crippen molar-refractivity contribution in [2.45, 2.75) is 45.3 Å². The summed E-state index contributed by atoms with van der Waals surface area (Å²) in [6, 6.07) is 7.91. The summed E-state index contributed by atoms with van der Waals surface area (Å²) in [4.78, 5) is 27.6. The number of anilines is 1. The first-order valence-corrected chi connectivity index (χ1v) is 10.6. The van der Waals surface area contributed by atoms with Gasteiger partial charge in [0.05, 0.1) is 5.69 Å². The molecule has 1 amide bonds. The molecule has 1 aromatic carbocycles. The number of aromatic nitrogens is 4. The minimum Gasteiger partial charge on any atom is -0.444 e. The summed E-state index contributed by atoms with van der Waals surface area (Å²) in [5.41, 5.74) is 6.83. The van der Waals surface area contributed by atoms with Crippen LogP contribution in [0.1, 0.15) is 39.7 Å². The molecule has 1 aliphatic heterocycles. The largest absolute Gasteiger partial charge is 0.444 e. The minimum absolute atomic E-state index is 0.0930. The number of nitrogen functional groups attached to an aromatic ring is 1. The van der Waals surface area contributed by atoms with Crippen LogP contribution in [0, 0.1) is 5.82 Å². The van der Waals surface area contributed by atoms with Crippen LogP contribution in [0.4, 0.5) is 15.0 Å². The van der Waals surface area contributed by atoms with Crippen molar-refractivity contribution in [3.8, 4) is 22.9 Å². The number of amides is 1. The molecule has 32 heavy (non-hydrogen) atoms. The molecule has 2 N–H and O–H groups in total. The molecule has 3 heterocycles. The summed E-state index contributed by atoms with van der Waals surface area (Å²) in [7, 11) is 0. The van der Waals surface area contributed by atoms with Gasteiger partial charge in [-0.1, -0.05) is 0 Å². The van der Waals surface area contributed by atoms with Gasteiger partial charge in [0.15, 0.2) is 11.6 Å². The van der Waals surface area contributed by atoms with Gasteiger partial charge in [-0.3, -0.25) is 0 Å². The van der Waals surface area contributed by atoms with Gasteiger partial charge in [0.1, 0.15) is 17.2 Å². The van der Waals surface area contributed by atoms with Crippen LogP contribution in [0.3, 0.4) is 0 Å². The highest BCUT2D eigenvalue weighted by molar-refractivity contribution is 5.68. The molecule has 1 saturated heterocycles. The first-order valence-electron chi connectivity index (χ1n) is 10.6. The van der Waals surface area contributed by atoms with Gasteiger partial charge in [0.2, 0.25) is 0 Å². The third-order valence-electron chi connectivity index (χ3n) is 5.26. The highest BCUT2D eigenvalue weighted by atomic mass is 19.1. The molecule has 0 aliphatic carbocycles. The van der Waals surface area contributed by atoms with Crippen LogP contribution in [0.2, 0.25) is 0 Å². The molecule has 9 heteroatoms. The Hall–Kier alpha value is -3.49. The number of piperidine rings is 1. The Morgan fingerprint density at radius 2 is 1.81 bits per heavy atom. The molecule has 3 aromatic rings. The van der Waals surface area contributed by atoms with Gasteiger partial charge in [-0.25, -0.2) is 24.1 Å². The molecule has 0 saturated carbocycles. The smallest absolute Gasteiger partial charge is 0.410 e. The van der Waals surface area contributed by atoms with Gasteiger partial charge in [0, 0.05) is 37.1 Å². The van der Waals surface area contributed by atoms with Gasteiger partial charge < -0.3 is 19.9 Å². The van der Waals surface area contributed by atoms with Crippen LogP contribution in [-0.2, 0) is 4.74 Å². The van der Waals surface area contributed by atoms with Crippen molar-refractivity contribution in [3.05, 3.63) is 48.5 Å². The van der Waals surface area contributed by atoms with Crippen molar-refractivity contribution >= 4 is 11.9 Å². The summed E-state index contributed by atoms with van der Waals surface area (Å²) < 4.78 is 20.9. The highest BCUT2D eigenvalue weighted by Crippen LogP contribution is 2.31. The second kappa shape index (κ2) is 8.57. The summed E-state index contributed by atoms with van der Waals surface area (Å²) in [6.07, 6.45) is 4.69. The number of carbonyl (C=O) groups is 1. The van der Waals surface area contributed by atoms with Gasteiger partial charge in [-0.2, -0.15) is 0 Å². The zero-order valence-corrected chi connectivity index (χ0v) is 18.5. The van der Waals surface area contributed by atoms with E-state index in [1.807, 2.05) is 31.5 Å². The van der Waals surface area contributed by atoms with E-state index in [9.17, 15) is 9.18 Å². The van der Waals surface area contributed by atoms with E-state index in [4.69, 9.17) is 15.5 Å². The molecule has 0 bridgehead atoms. The Bertz CT molecular complexity index is 1100. The first kappa shape index (κ1) is 21.7. The van der Waals surface area contributed by atoms with Crippen LogP contribution in [0.15, 0.2) is 42.7 Å². The SMILES string of the molecule is CC(C)(C)OC(=O)N1CCC(n2cc(-c3ccc(F)cc3)nc2-c2nccc(N)n2)CC1. The third-order valence-corrected chi connectivity index (χ3v) is 5.26. The fourth-order valence-corrected chi connectivity index (χ4v) is 3.73. The van der Waals surface area contributed by atoms with Crippen LogP contribution in [0.5, 0.6) is 0 Å². The number of imidazole rings is 1. The Balaban J connectivity index is 1.61. The number of halogens is 1. The second-order valence-electron chi connectivity index (χ2n) is 8.87. The van der Waals surface area contributed by atoms with E-state index >= 15 is 0 Å². The maximum atomic E-state index is 13.4. The predicted molar refractivity (Wildman–Crippen MR) is 119 cm³/mol. The maximum Gasteiger partial charge on any atom is 0.410 e.